The highest BCUT2D eigenvalue weighted by Crippen LogP contribution is 2.43. The number of hydrogen-bond acceptors (Lipinski definition) is 7. The molecule has 1 amide bonds. The van der Waals surface area contributed by atoms with Gasteiger partial charge in [0.15, 0.2) is 0 Å². The van der Waals surface area contributed by atoms with Crippen LogP contribution in [0.15, 0.2) is 24.3 Å². The number of nitrogens with two attached hydrogens (primary N) is 1. The van der Waals surface area contributed by atoms with Crippen LogP contribution in [0.3, 0.4) is 0 Å². The van der Waals surface area contributed by atoms with Crippen LogP contribution in [0.1, 0.15) is 232 Å². The molecule has 0 saturated heterocycles. The SMILES string of the molecule is CCCCCCCCCCC/C=C\C/C=C\CCCCCCCC(O)CC(=O)NC(COP(=O)(O)OCCN)C(O)CCCCCCCCCCCCCCCC. The fraction of sp³-hybridized carbons (Fsp3) is 0.894. The number of carbonyl (C=O) groups excluding carboxylic acids is 1. The van der Waals surface area contributed by atoms with Crippen molar-refractivity contribution in [1.29, 1.82) is 0 Å². The highest BCUT2D eigenvalue weighted by Gasteiger charge is 2.28. The molecule has 4 atom stereocenters. The monoisotopic (exact) mass is 829 g/mol. The number of phosphoric ester groups is 1. The van der Waals surface area contributed by atoms with Crippen LogP contribution in [0.25, 0.3) is 0 Å². The van der Waals surface area contributed by atoms with Crippen LogP contribution in [0.2, 0.25) is 0 Å². The molecule has 9 nitrogen and oxygen atoms in total. The Morgan fingerprint density at radius 2 is 1.00 bits per heavy atom. The zero-order valence-corrected chi connectivity index (χ0v) is 38.1. The number of allylic oxidation sites excluding steroid dienone is 4. The standard InChI is InChI=1S/C47H93N2O7P/c1-3-5-7-9-11-13-15-17-19-20-21-22-23-24-25-26-28-30-32-34-36-38-44(50)42-47(52)49-45(43-56-57(53,54)55-41-40-48)46(51)39-37-35-33-31-29-27-18-16-14-12-10-8-6-4-2/h21-22,24-25,44-46,50-51H,3-20,23,26-43,48H2,1-2H3,(H,49,52)(H,53,54)/b22-21-,25-24-. The third kappa shape index (κ3) is 41.5. The number of unbranched alkanes of at least 4 members (excludes halogenated alkanes) is 27. The van der Waals surface area contributed by atoms with Crippen molar-refractivity contribution in [3.8, 4) is 0 Å². The summed E-state index contributed by atoms with van der Waals surface area (Å²) in [4.78, 5) is 22.8. The summed E-state index contributed by atoms with van der Waals surface area (Å²) in [6.07, 6.45) is 46.5. The van der Waals surface area contributed by atoms with Gasteiger partial charge in [-0.3, -0.25) is 13.8 Å². The lowest BCUT2D eigenvalue weighted by Gasteiger charge is -2.25. The van der Waals surface area contributed by atoms with E-state index in [1.54, 1.807) is 0 Å². The van der Waals surface area contributed by atoms with E-state index in [0.717, 1.165) is 64.2 Å². The molecule has 338 valence electrons. The number of aliphatic hydroxyl groups excluding tert-OH is 2. The zero-order chi connectivity index (χ0) is 41.9. The molecule has 0 aliphatic heterocycles. The summed E-state index contributed by atoms with van der Waals surface area (Å²) in [6.45, 7) is 4.05. The molecule has 0 aromatic carbocycles. The first-order valence-electron chi connectivity index (χ1n) is 24.0. The van der Waals surface area contributed by atoms with Gasteiger partial charge < -0.3 is 26.2 Å². The van der Waals surface area contributed by atoms with Gasteiger partial charge >= 0.3 is 7.82 Å². The Kier molecular flexibility index (Phi) is 42.2. The molecule has 4 unspecified atom stereocenters. The van der Waals surface area contributed by atoms with E-state index in [0.29, 0.717) is 12.8 Å². The predicted octanol–water partition coefficient (Wildman–Crippen LogP) is 12.7. The van der Waals surface area contributed by atoms with E-state index < -0.39 is 32.0 Å². The lowest BCUT2D eigenvalue weighted by molar-refractivity contribution is -0.125. The van der Waals surface area contributed by atoms with Crippen LogP contribution in [-0.2, 0) is 18.4 Å². The minimum atomic E-state index is -4.38. The Morgan fingerprint density at radius 3 is 1.44 bits per heavy atom. The molecular weight excluding hydrogens is 735 g/mol. The van der Waals surface area contributed by atoms with E-state index in [-0.39, 0.29) is 26.2 Å². The normalized spacial score (nSPS) is 14.7. The van der Waals surface area contributed by atoms with Gasteiger partial charge in [-0.25, -0.2) is 4.57 Å². The fourth-order valence-corrected chi connectivity index (χ4v) is 7.97. The van der Waals surface area contributed by atoms with Crippen molar-refractivity contribution in [3.63, 3.8) is 0 Å². The van der Waals surface area contributed by atoms with Gasteiger partial charge in [0.25, 0.3) is 0 Å². The zero-order valence-electron chi connectivity index (χ0n) is 37.2. The summed E-state index contributed by atoms with van der Waals surface area (Å²) in [5.41, 5.74) is 5.38. The van der Waals surface area contributed by atoms with E-state index >= 15 is 0 Å². The quantitative estimate of drug-likeness (QED) is 0.0231. The molecule has 0 aromatic rings. The van der Waals surface area contributed by atoms with Gasteiger partial charge in [0, 0.05) is 6.54 Å². The molecule has 0 aliphatic rings. The first-order valence-corrected chi connectivity index (χ1v) is 25.5. The predicted molar refractivity (Wildman–Crippen MR) is 241 cm³/mol. The lowest BCUT2D eigenvalue weighted by atomic mass is 10.0. The van der Waals surface area contributed by atoms with Gasteiger partial charge in [-0.05, 0) is 44.9 Å². The molecule has 57 heavy (non-hydrogen) atoms. The minimum absolute atomic E-state index is 0.0582. The van der Waals surface area contributed by atoms with E-state index in [9.17, 15) is 24.5 Å². The Balaban J connectivity index is 4.19. The van der Waals surface area contributed by atoms with E-state index in [1.165, 1.54) is 135 Å². The summed E-state index contributed by atoms with van der Waals surface area (Å²) >= 11 is 0. The second-order valence-electron chi connectivity index (χ2n) is 16.5. The average molecular weight is 829 g/mol. The number of nitrogens with one attached hydrogen (secondary N) is 1. The van der Waals surface area contributed by atoms with Crippen LogP contribution >= 0.6 is 7.82 Å². The summed E-state index contributed by atoms with van der Waals surface area (Å²) in [5, 5.41) is 24.2. The highest BCUT2D eigenvalue weighted by atomic mass is 31.2. The second kappa shape index (κ2) is 43.0. The number of rotatable bonds is 45. The Labute approximate surface area is 351 Å². The third-order valence-electron chi connectivity index (χ3n) is 10.9. The van der Waals surface area contributed by atoms with Gasteiger partial charge in [0.05, 0.1) is 37.9 Å². The van der Waals surface area contributed by atoms with Crippen LogP contribution in [0.5, 0.6) is 0 Å². The fourth-order valence-electron chi connectivity index (χ4n) is 7.21. The largest absolute Gasteiger partial charge is 0.472 e. The van der Waals surface area contributed by atoms with E-state index in [4.69, 9.17) is 14.8 Å². The molecule has 0 aromatic heterocycles. The molecule has 0 saturated carbocycles. The Hall–Kier alpha value is -1.06. The number of amides is 1. The molecule has 0 rings (SSSR count). The van der Waals surface area contributed by atoms with Crippen molar-refractivity contribution in [2.24, 2.45) is 5.73 Å². The van der Waals surface area contributed by atoms with E-state index in [2.05, 4.69) is 43.5 Å². The first kappa shape index (κ1) is 55.9. The van der Waals surface area contributed by atoms with Crippen molar-refractivity contribution in [2.45, 2.75) is 250 Å². The molecule has 0 aliphatic carbocycles. The molecule has 0 spiro atoms. The van der Waals surface area contributed by atoms with Gasteiger partial charge in [-0.2, -0.15) is 0 Å². The summed E-state index contributed by atoms with van der Waals surface area (Å²) < 4.78 is 22.2. The molecule has 0 heterocycles. The second-order valence-corrected chi connectivity index (χ2v) is 18.0. The van der Waals surface area contributed by atoms with Crippen LogP contribution in [0.4, 0.5) is 0 Å². The Morgan fingerprint density at radius 1 is 0.596 bits per heavy atom. The minimum Gasteiger partial charge on any atom is -0.393 e. The number of carbonyl (C=O) groups is 1. The van der Waals surface area contributed by atoms with Crippen molar-refractivity contribution in [3.05, 3.63) is 24.3 Å². The maximum absolute atomic E-state index is 12.9. The van der Waals surface area contributed by atoms with Crippen molar-refractivity contribution >= 4 is 13.7 Å². The maximum atomic E-state index is 12.9. The molecular formula is C47H93N2O7P. The maximum Gasteiger partial charge on any atom is 0.472 e. The van der Waals surface area contributed by atoms with Crippen LogP contribution in [0, 0.1) is 0 Å². The number of phosphoric acid groups is 1. The molecule has 0 radical (unpaired) electrons. The first-order chi connectivity index (χ1) is 27.8. The van der Waals surface area contributed by atoms with Crippen LogP contribution in [-0.4, -0.2) is 59.0 Å². The third-order valence-corrected chi connectivity index (χ3v) is 11.8. The van der Waals surface area contributed by atoms with Gasteiger partial charge in [-0.15, -0.1) is 0 Å². The topological polar surface area (TPSA) is 151 Å². The van der Waals surface area contributed by atoms with Crippen molar-refractivity contribution < 1.29 is 33.5 Å². The summed E-state index contributed by atoms with van der Waals surface area (Å²) in [6, 6.07) is -0.900. The van der Waals surface area contributed by atoms with Gasteiger partial charge in [0.1, 0.15) is 0 Å². The van der Waals surface area contributed by atoms with E-state index in [1.807, 2.05) is 0 Å². The van der Waals surface area contributed by atoms with Crippen molar-refractivity contribution in [1.82, 2.24) is 5.32 Å². The highest BCUT2D eigenvalue weighted by molar-refractivity contribution is 7.47. The van der Waals surface area contributed by atoms with Crippen molar-refractivity contribution in [2.75, 3.05) is 19.8 Å². The number of aliphatic hydroxyl groups is 2. The summed E-state index contributed by atoms with van der Waals surface area (Å²) in [7, 11) is -4.38. The lowest BCUT2D eigenvalue weighted by Crippen LogP contribution is -2.47. The smallest absolute Gasteiger partial charge is 0.393 e. The molecule has 10 heteroatoms. The van der Waals surface area contributed by atoms with Crippen LogP contribution < -0.4 is 11.1 Å². The Bertz CT molecular complexity index is 966. The molecule has 0 fully saturated rings. The average Bonchev–Trinajstić information content (AvgIpc) is 3.19. The summed E-state index contributed by atoms with van der Waals surface area (Å²) in [5.74, 6) is -0.420. The molecule has 6 N–H and O–H groups in total. The van der Waals surface area contributed by atoms with Gasteiger partial charge in [-0.1, -0.05) is 205 Å². The van der Waals surface area contributed by atoms with Gasteiger partial charge in [0.2, 0.25) is 5.91 Å². The molecule has 0 bridgehead atoms. The number of hydrogen-bond donors (Lipinski definition) is 5.